The van der Waals surface area contributed by atoms with E-state index in [4.69, 9.17) is 17.0 Å². The summed E-state index contributed by atoms with van der Waals surface area (Å²) in [6, 6.07) is 7.55. The molecule has 3 aliphatic heterocycles. The standard InChI is InChI=1S/C26H44N10O2S2/c1-38-13-6-23(37)35-25-14-27-7-10-30-17-26(18-31-11-8-28-15-25,19-32-12-9-29-16-25)36-24(40)34-22-4-2-21(3-5-22)33-20-39/h2-5,27-32H,6-19H2,1H3,(H,35,37)(H2,34,36,40). The smallest absolute Gasteiger partial charge is 0.222 e. The Labute approximate surface area is 248 Å². The van der Waals surface area contributed by atoms with Crippen molar-refractivity contribution in [3.05, 3.63) is 24.3 Å². The SMILES string of the molecule is COCCC(=O)NC12CNCCNCC(NC(=S)Nc3ccc(N=C=S)cc3)(CNCCNC1)CNCCNC2. The number of hydrogen-bond acceptors (Lipinski definition) is 11. The summed E-state index contributed by atoms with van der Waals surface area (Å²) in [7, 11) is 1.61. The van der Waals surface area contributed by atoms with Crippen LogP contribution < -0.4 is 47.9 Å². The van der Waals surface area contributed by atoms with Crippen LogP contribution in [-0.4, -0.2) is 120 Å². The molecule has 12 nitrogen and oxygen atoms in total. The number of aliphatic imine (C=N–C) groups is 1. The number of carbonyl (C=O) groups excluding carboxylic acids is 1. The Morgan fingerprint density at radius 1 is 0.850 bits per heavy atom. The van der Waals surface area contributed by atoms with Crippen molar-refractivity contribution in [3.8, 4) is 0 Å². The molecule has 0 radical (unpaired) electrons. The Hall–Kier alpha value is -2.10. The predicted octanol–water partition coefficient (Wildman–Crippen LogP) is -1.10. The van der Waals surface area contributed by atoms with Crippen molar-refractivity contribution < 1.29 is 9.53 Å². The molecule has 1 amide bonds. The summed E-state index contributed by atoms with van der Waals surface area (Å²) in [6.45, 7) is 8.96. The zero-order chi connectivity index (χ0) is 28.5. The fourth-order valence-corrected chi connectivity index (χ4v) is 5.20. The van der Waals surface area contributed by atoms with Gasteiger partial charge in [-0.2, -0.15) is 4.99 Å². The summed E-state index contributed by atoms with van der Waals surface area (Å²) in [6.07, 6.45) is 0.336. The van der Waals surface area contributed by atoms with E-state index in [2.05, 4.69) is 70.2 Å². The van der Waals surface area contributed by atoms with Crippen LogP contribution in [0.5, 0.6) is 0 Å². The number of rotatable bonds is 7. The molecule has 0 spiro atoms. The molecular formula is C26H44N10O2S2. The van der Waals surface area contributed by atoms with Gasteiger partial charge >= 0.3 is 0 Å². The molecule has 2 bridgehead atoms. The largest absolute Gasteiger partial charge is 0.384 e. The van der Waals surface area contributed by atoms with E-state index in [1.54, 1.807) is 7.11 Å². The Bertz CT molecular complexity index is 931. The lowest BCUT2D eigenvalue weighted by molar-refractivity contribution is -0.123. The quantitative estimate of drug-likeness (QED) is 0.140. The van der Waals surface area contributed by atoms with Crippen LogP contribution in [0.1, 0.15) is 6.42 Å². The minimum absolute atomic E-state index is 0.0105. The minimum atomic E-state index is -0.462. The highest BCUT2D eigenvalue weighted by Crippen LogP contribution is 2.16. The first kappa shape index (κ1) is 32.4. The maximum atomic E-state index is 12.7. The van der Waals surface area contributed by atoms with Crippen LogP contribution in [0.25, 0.3) is 0 Å². The van der Waals surface area contributed by atoms with Gasteiger partial charge in [-0.1, -0.05) is 0 Å². The maximum absolute atomic E-state index is 12.7. The molecule has 9 N–H and O–H groups in total. The van der Waals surface area contributed by atoms with E-state index in [1.807, 2.05) is 24.3 Å². The number of nitrogens with zero attached hydrogens (tertiary/aromatic N) is 1. The van der Waals surface area contributed by atoms with Gasteiger partial charge in [0, 0.05) is 97.8 Å². The van der Waals surface area contributed by atoms with Gasteiger partial charge in [0.25, 0.3) is 0 Å². The maximum Gasteiger partial charge on any atom is 0.222 e. The van der Waals surface area contributed by atoms with Crippen molar-refractivity contribution in [1.29, 1.82) is 0 Å². The number of benzene rings is 1. The third kappa shape index (κ3) is 11.4. The zero-order valence-corrected chi connectivity index (χ0v) is 24.9. The molecule has 1 aromatic rings. The Morgan fingerprint density at radius 2 is 1.30 bits per heavy atom. The van der Waals surface area contributed by atoms with Crippen molar-refractivity contribution in [3.63, 3.8) is 0 Å². The number of anilines is 1. The van der Waals surface area contributed by atoms with E-state index >= 15 is 0 Å². The normalized spacial score (nSPS) is 25.0. The Morgan fingerprint density at radius 3 is 1.73 bits per heavy atom. The first-order valence-corrected chi connectivity index (χ1v) is 14.6. The average molecular weight is 593 g/mol. The number of carbonyl (C=O) groups is 1. The molecule has 1 aromatic carbocycles. The van der Waals surface area contributed by atoms with Crippen LogP contribution in [-0.2, 0) is 9.53 Å². The second-order valence-electron chi connectivity index (χ2n) is 10.2. The van der Waals surface area contributed by atoms with Crippen molar-refractivity contribution in [2.75, 3.05) is 97.6 Å². The Balaban J connectivity index is 1.69. The monoisotopic (exact) mass is 592 g/mol. The molecule has 222 valence electrons. The van der Waals surface area contributed by atoms with Gasteiger partial charge in [-0.3, -0.25) is 4.79 Å². The van der Waals surface area contributed by atoms with Crippen LogP contribution in [0.3, 0.4) is 0 Å². The van der Waals surface area contributed by atoms with Gasteiger partial charge < -0.3 is 52.6 Å². The molecule has 0 unspecified atom stereocenters. The number of thiocarbonyl (C=S) groups is 2. The van der Waals surface area contributed by atoms with E-state index in [1.165, 1.54) is 0 Å². The van der Waals surface area contributed by atoms with Gasteiger partial charge in [0.1, 0.15) is 0 Å². The highest BCUT2D eigenvalue weighted by atomic mass is 32.1. The van der Waals surface area contributed by atoms with Crippen LogP contribution in [0.4, 0.5) is 11.4 Å². The van der Waals surface area contributed by atoms with Crippen LogP contribution in [0.2, 0.25) is 0 Å². The van der Waals surface area contributed by atoms with E-state index in [9.17, 15) is 4.79 Å². The number of hydrogen-bond donors (Lipinski definition) is 9. The lowest BCUT2D eigenvalue weighted by atomic mass is 9.97. The third-order valence-electron chi connectivity index (χ3n) is 6.83. The van der Waals surface area contributed by atoms with Crippen LogP contribution in [0.15, 0.2) is 29.3 Å². The van der Waals surface area contributed by atoms with E-state index in [0.29, 0.717) is 57.4 Å². The topological polar surface area (TPSA) is 147 Å². The molecule has 40 heavy (non-hydrogen) atoms. The average Bonchev–Trinajstić information content (AvgIpc) is 2.94. The number of nitrogens with one attached hydrogen (secondary N) is 9. The van der Waals surface area contributed by atoms with E-state index < -0.39 is 5.54 Å². The van der Waals surface area contributed by atoms with Crippen molar-refractivity contribution in [2.24, 2.45) is 4.99 Å². The van der Waals surface area contributed by atoms with Gasteiger partial charge in [-0.05, 0) is 48.7 Å². The van der Waals surface area contributed by atoms with Gasteiger partial charge in [-0.25, -0.2) is 0 Å². The van der Waals surface area contributed by atoms with Crippen LogP contribution >= 0.6 is 24.4 Å². The summed E-state index contributed by atoms with van der Waals surface area (Å²) in [5.41, 5.74) is 0.771. The highest BCUT2D eigenvalue weighted by molar-refractivity contribution is 7.80. The second kappa shape index (κ2) is 17.7. The summed E-state index contributed by atoms with van der Waals surface area (Å²) in [5, 5.41) is 34.6. The van der Waals surface area contributed by atoms with Gasteiger partial charge in [0.05, 0.1) is 28.5 Å². The molecule has 14 heteroatoms. The first-order chi connectivity index (χ1) is 19.5. The van der Waals surface area contributed by atoms with E-state index in [0.717, 1.165) is 50.6 Å². The second-order valence-corrected chi connectivity index (χ2v) is 10.8. The summed E-state index contributed by atoms with van der Waals surface area (Å²) in [4.78, 5) is 16.7. The predicted molar refractivity (Wildman–Crippen MR) is 168 cm³/mol. The van der Waals surface area contributed by atoms with Gasteiger partial charge in [0.2, 0.25) is 5.91 Å². The molecule has 0 aliphatic carbocycles. The number of ether oxygens (including phenoxy) is 1. The number of fused-ring (bicyclic) bond motifs is 15. The van der Waals surface area contributed by atoms with Crippen molar-refractivity contribution >= 4 is 52.0 Å². The molecule has 3 heterocycles. The van der Waals surface area contributed by atoms with E-state index in [-0.39, 0.29) is 11.4 Å². The summed E-state index contributed by atoms with van der Waals surface area (Å²) >= 11 is 10.4. The Kier molecular flexibility index (Phi) is 14.3. The van der Waals surface area contributed by atoms with Gasteiger partial charge in [-0.15, -0.1) is 0 Å². The third-order valence-corrected chi connectivity index (χ3v) is 7.13. The lowest BCUT2D eigenvalue weighted by Gasteiger charge is -2.39. The first-order valence-electron chi connectivity index (χ1n) is 13.8. The number of amides is 1. The zero-order valence-electron chi connectivity index (χ0n) is 23.3. The van der Waals surface area contributed by atoms with Crippen molar-refractivity contribution in [1.82, 2.24) is 42.5 Å². The molecular weight excluding hydrogens is 548 g/mol. The van der Waals surface area contributed by atoms with Crippen molar-refractivity contribution in [2.45, 2.75) is 17.5 Å². The lowest BCUT2D eigenvalue weighted by Crippen LogP contribution is -2.68. The molecule has 0 atom stereocenters. The minimum Gasteiger partial charge on any atom is -0.384 e. The number of methoxy groups -OCH3 is 1. The fraction of sp³-hybridized carbons (Fsp3) is 0.654. The summed E-state index contributed by atoms with van der Waals surface area (Å²) < 4.78 is 5.11. The molecule has 3 saturated heterocycles. The number of isothiocyanates is 1. The summed E-state index contributed by atoms with van der Waals surface area (Å²) in [5.74, 6) is -0.0105. The molecule has 0 aromatic heterocycles. The molecule has 3 aliphatic rings. The highest BCUT2D eigenvalue weighted by Gasteiger charge is 2.33. The van der Waals surface area contributed by atoms with Crippen LogP contribution in [0, 0.1) is 0 Å². The molecule has 0 saturated carbocycles. The van der Waals surface area contributed by atoms with Gasteiger partial charge in [0.15, 0.2) is 5.11 Å². The molecule has 3 fully saturated rings. The fourth-order valence-electron chi connectivity index (χ4n) is 4.76. The molecule has 4 rings (SSSR count).